The molecule has 0 saturated heterocycles. The summed E-state index contributed by atoms with van der Waals surface area (Å²) in [4.78, 5) is 14.7. The minimum absolute atomic E-state index is 0.189. The number of halogens is 4. The predicted octanol–water partition coefficient (Wildman–Crippen LogP) is 4.66. The largest absolute Gasteiger partial charge is 0.493 e. The number of benzene rings is 1. The minimum Gasteiger partial charge on any atom is -0.493 e. The third-order valence-corrected chi connectivity index (χ3v) is 6.32. The Morgan fingerprint density at radius 2 is 1.94 bits per heavy atom. The van der Waals surface area contributed by atoms with Gasteiger partial charge in [-0.2, -0.15) is 13.2 Å². The van der Waals surface area contributed by atoms with Gasteiger partial charge in [-0.15, -0.1) is 0 Å². The number of nitrogens with one attached hydrogen (secondary N) is 1. The Morgan fingerprint density at radius 1 is 1.22 bits per heavy atom. The van der Waals surface area contributed by atoms with Crippen molar-refractivity contribution >= 4 is 22.5 Å². The van der Waals surface area contributed by atoms with Gasteiger partial charge < -0.3 is 19.4 Å². The quantitative estimate of drug-likeness (QED) is 0.572. The number of H-pyrrole nitrogens is 1. The first-order chi connectivity index (χ1) is 14.8. The van der Waals surface area contributed by atoms with E-state index in [0.29, 0.717) is 40.3 Å². The molecule has 0 aliphatic carbocycles. The lowest BCUT2D eigenvalue weighted by atomic mass is 9.73. The van der Waals surface area contributed by atoms with Crippen molar-refractivity contribution in [3.05, 3.63) is 62.7 Å². The maximum absolute atomic E-state index is 14.2. The second-order valence-electron chi connectivity index (χ2n) is 9.19. The van der Waals surface area contributed by atoms with Gasteiger partial charge in [0.2, 0.25) is 0 Å². The van der Waals surface area contributed by atoms with Gasteiger partial charge in [0, 0.05) is 53.8 Å². The van der Waals surface area contributed by atoms with Crippen molar-refractivity contribution in [2.24, 2.45) is 7.05 Å². The maximum atomic E-state index is 14.2. The first kappa shape index (κ1) is 22.7. The van der Waals surface area contributed by atoms with E-state index in [1.165, 1.54) is 16.7 Å². The van der Waals surface area contributed by atoms with Crippen molar-refractivity contribution in [2.45, 2.75) is 50.3 Å². The summed E-state index contributed by atoms with van der Waals surface area (Å²) in [6.45, 7) is 3.73. The average Bonchev–Trinajstić information content (AvgIpc) is 3.26. The van der Waals surface area contributed by atoms with Crippen LogP contribution in [0.15, 0.2) is 35.3 Å². The second kappa shape index (κ2) is 7.56. The molecule has 0 fully saturated rings. The number of rotatable bonds is 5. The molecule has 32 heavy (non-hydrogen) atoms. The number of aromatic amines is 1. The van der Waals surface area contributed by atoms with Crippen molar-refractivity contribution < 1.29 is 23.0 Å². The number of hydrogen-bond donors (Lipinski definition) is 2. The number of aliphatic hydroxyl groups is 1. The standard InChI is InChI=1S/C23H24ClF3N2O3/c1-21(2,17-8-15(24)6-13-4-5-32-20(13)17)12-22(31,23(25,26)27)10-16-7-14-11-29(3)19(30)9-18(14)28-16/h6-9,11,28,31H,4-5,10,12H2,1-3H3. The van der Waals surface area contributed by atoms with Gasteiger partial charge in [-0.1, -0.05) is 25.4 Å². The van der Waals surface area contributed by atoms with E-state index in [-0.39, 0.29) is 11.3 Å². The van der Waals surface area contributed by atoms with Crippen LogP contribution in [0.25, 0.3) is 10.9 Å². The number of alkyl halides is 3. The van der Waals surface area contributed by atoms with Crippen molar-refractivity contribution in [1.29, 1.82) is 0 Å². The first-order valence-electron chi connectivity index (χ1n) is 10.2. The summed E-state index contributed by atoms with van der Waals surface area (Å²) >= 11 is 6.22. The zero-order valence-corrected chi connectivity index (χ0v) is 18.7. The highest BCUT2D eigenvalue weighted by atomic mass is 35.5. The summed E-state index contributed by atoms with van der Waals surface area (Å²) in [6.07, 6.45) is -4.00. The van der Waals surface area contributed by atoms with Crippen LogP contribution in [0.5, 0.6) is 5.75 Å². The number of pyridine rings is 1. The Morgan fingerprint density at radius 3 is 2.62 bits per heavy atom. The number of hydrogen-bond acceptors (Lipinski definition) is 3. The fraction of sp³-hybridized carbons (Fsp3) is 0.435. The molecular formula is C23H24ClF3N2O3. The summed E-state index contributed by atoms with van der Waals surface area (Å²) in [6, 6.07) is 6.22. The fourth-order valence-electron chi connectivity index (χ4n) is 4.54. The molecule has 1 aliphatic heterocycles. The lowest BCUT2D eigenvalue weighted by Crippen LogP contribution is -2.51. The Balaban J connectivity index is 1.72. The number of nitrogens with zero attached hydrogens (tertiary/aromatic N) is 1. The zero-order valence-electron chi connectivity index (χ0n) is 17.9. The van der Waals surface area contributed by atoms with Crippen LogP contribution in [0, 0.1) is 0 Å². The lowest BCUT2D eigenvalue weighted by Gasteiger charge is -2.38. The highest BCUT2D eigenvalue weighted by Gasteiger charge is 2.56. The number of aryl methyl sites for hydroxylation is 1. The minimum atomic E-state index is -4.89. The van der Waals surface area contributed by atoms with Gasteiger partial charge in [0.25, 0.3) is 5.56 Å². The van der Waals surface area contributed by atoms with Gasteiger partial charge in [-0.05, 0) is 35.6 Å². The molecule has 3 aromatic rings. The van der Waals surface area contributed by atoms with E-state index in [0.717, 1.165) is 5.56 Å². The summed E-state index contributed by atoms with van der Waals surface area (Å²) in [7, 11) is 1.56. The van der Waals surface area contributed by atoms with Crippen LogP contribution >= 0.6 is 11.6 Å². The third kappa shape index (κ3) is 4.01. The Labute approximate surface area is 187 Å². The first-order valence-corrected chi connectivity index (χ1v) is 10.6. The van der Waals surface area contributed by atoms with Crippen molar-refractivity contribution in [3.8, 4) is 5.75 Å². The normalized spacial score (nSPS) is 16.1. The van der Waals surface area contributed by atoms with Crippen LogP contribution in [-0.4, -0.2) is 33.0 Å². The molecule has 1 atom stereocenters. The van der Waals surface area contributed by atoms with E-state index in [1.807, 2.05) is 0 Å². The van der Waals surface area contributed by atoms with Gasteiger partial charge in [0.1, 0.15) is 5.75 Å². The van der Waals surface area contributed by atoms with Gasteiger partial charge in [0.15, 0.2) is 5.60 Å². The molecule has 1 unspecified atom stereocenters. The molecule has 1 aliphatic rings. The molecular weight excluding hydrogens is 445 g/mol. The zero-order chi connectivity index (χ0) is 23.5. The summed E-state index contributed by atoms with van der Waals surface area (Å²) in [5.41, 5.74) is -2.39. The topological polar surface area (TPSA) is 67.2 Å². The molecule has 4 rings (SSSR count). The highest BCUT2D eigenvalue weighted by Crippen LogP contribution is 2.47. The van der Waals surface area contributed by atoms with E-state index >= 15 is 0 Å². The summed E-state index contributed by atoms with van der Waals surface area (Å²) in [5, 5.41) is 12.0. The second-order valence-corrected chi connectivity index (χ2v) is 9.63. The van der Waals surface area contributed by atoms with Crippen LogP contribution in [0.4, 0.5) is 13.2 Å². The maximum Gasteiger partial charge on any atom is 0.417 e. The van der Waals surface area contributed by atoms with Crippen LogP contribution in [0.2, 0.25) is 5.02 Å². The fourth-order valence-corrected chi connectivity index (χ4v) is 4.78. The van der Waals surface area contributed by atoms with E-state index < -0.39 is 30.0 Å². The molecule has 0 spiro atoms. The van der Waals surface area contributed by atoms with Crippen LogP contribution in [0.3, 0.4) is 0 Å². The van der Waals surface area contributed by atoms with Crippen LogP contribution < -0.4 is 10.3 Å². The predicted molar refractivity (Wildman–Crippen MR) is 117 cm³/mol. The van der Waals surface area contributed by atoms with Gasteiger partial charge in [0.05, 0.1) is 12.1 Å². The molecule has 1 aromatic carbocycles. The molecule has 9 heteroatoms. The van der Waals surface area contributed by atoms with Crippen molar-refractivity contribution in [2.75, 3.05) is 6.61 Å². The van der Waals surface area contributed by atoms with Gasteiger partial charge >= 0.3 is 6.18 Å². The van der Waals surface area contributed by atoms with Gasteiger partial charge in [-0.25, -0.2) is 0 Å². The van der Waals surface area contributed by atoms with E-state index in [4.69, 9.17) is 16.3 Å². The van der Waals surface area contributed by atoms with Crippen molar-refractivity contribution in [3.63, 3.8) is 0 Å². The Kier molecular flexibility index (Phi) is 5.37. The summed E-state index contributed by atoms with van der Waals surface area (Å²) in [5.74, 6) is 0.546. The lowest BCUT2D eigenvalue weighted by molar-refractivity contribution is -0.266. The smallest absolute Gasteiger partial charge is 0.417 e. The number of ether oxygens (including phenoxy) is 1. The van der Waals surface area contributed by atoms with Gasteiger partial charge in [-0.3, -0.25) is 4.79 Å². The van der Waals surface area contributed by atoms with Crippen LogP contribution in [-0.2, 0) is 25.3 Å². The van der Waals surface area contributed by atoms with Crippen molar-refractivity contribution in [1.82, 2.24) is 9.55 Å². The molecule has 3 heterocycles. The summed E-state index contributed by atoms with van der Waals surface area (Å²) < 4.78 is 49.6. The molecule has 0 amide bonds. The molecule has 5 nitrogen and oxygen atoms in total. The monoisotopic (exact) mass is 468 g/mol. The highest BCUT2D eigenvalue weighted by molar-refractivity contribution is 6.30. The molecule has 172 valence electrons. The Hall–Kier alpha value is -2.45. The molecule has 0 saturated carbocycles. The average molecular weight is 469 g/mol. The number of fused-ring (bicyclic) bond motifs is 2. The van der Waals surface area contributed by atoms with Crippen LogP contribution in [0.1, 0.15) is 37.1 Å². The molecule has 2 N–H and O–H groups in total. The van der Waals surface area contributed by atoms with E-state index in [2.05, 4.69) is 4.98 Å². The molecule has 2 aromatic heterocycles. The third-order valence-electron chi connectivity index (χ3n) is 6.11. The Bertz CT molecular complexity index is 1250. The number of aromatic nitrogens is 2. The van der Waals surface area contributed by atoms with E-state index in [1.54, 1.807) is 39.2 Å². The molecule has 0 bridgehead atoms. The van der Waals surface area contributed by atoms with E-state index in [9.17, 15) is 23.1 Å². The molecule has 0 radical (unpaired) electrons. The SMILES string of the molecule is Cn1cc2cc(CC(O)(CC(C)(C)c3cc(Cl)cc4c3OCC4)C(F)(F)F)[nH]c2cc1=O.